The lowest BCUT2D eigenvalue weighted by Gasteiger charge is -2.05. The average molecular weight is 236 g/mol. The maximum absolute atomic E-state index is 5.92. The van der Waals surface area contributed by atoms with Gasteiger partial charge in [0, 0.05) is 6.54 Å². The summed E-state index contributed by atoms with van der Waals surface area (Å²) in [5.74, 6) is 0.873. The molecule has 0 saturated heterocycles. The third-order valence-electron chi connectivity index (χ3n) is 2.58. The van der Waals surface area contributed by atoms with Crippen molar-refractivity contribution in [2.45, 2.75) is 26.3 Å². The molecular formula is C12H14ClN3. The Morgan fingerprint density at radius 2 is 1.94 bits per heavy atom. The van der Waals surface area contributed by atoms with Crippen molar-refractivity contribution in [3.8, 4) is 0 Å². The Balaban J connectivity index is 1.89. The van der Waals surface area contributed by atoms with E-state index in [2.05, 4.69) is 34.5 Å². The van der Waals surface area contributed by atoms with Gasteiger partial charge in [0.05, 0.1) is 0 Å². The molecule has 0 unspecified atom stereocenters. The summed E-state index contributed by atoms with van der Waals surface area (Å²) in [7, 11) is 0. The van der Waals surface area contributed by atoms with Crippen molar-refractivity contribution in [1.82, 2.24) is 14.8 Å². The molecule has 0 bridgehead atoms. The lowest BCUT2D eigenvalue weighted by molar-refractivity contribution is 0.625. The van der Waals surface area contributed by atoms with Crippen LogP contribution in [0.15, 0.2) is 30.3 Å². The van der Waals surface area contributed by atoms with E-state index >= 15 is 0 Å². The van der Waals surface area contributed by atoms with Crippen molar-refractivity contribution in [3.05, 3.63) is 47.0 Å². The van der Waals surface area contributed by atoms with Crippen LogP contribution >= 0.6 is 11.6 Å². The van der Waals surface area contributed by atoms with E-state index < -0.39 is 0 Å². The highest BCUT2D eigenvalue weighted by molar-refractivity contribution is 6.28. The molecule has 0 aliphatic heterocycles. The van der Waals surface area contributed by atoms with Gasteiger partial charge in [-0.05, 0) is 36.9 Å². The molecule has 2 rings (SSSR count). The SMILES string of the molecule is Cc1nnc(Cl)n1CCCc1ccccc1. The number of aryl methyl sites for hydroxylation is 2. The number of rotatable bonds is 4. The number of halogens is 1. The topological polar surface area (TPSA) is 30.7 Å². The molecule has 4 heteroatoms. The van der Waals surface area contributed by atoms with Crippen LogP contribution in [0, 0.1) is 6.92 Å². The van der Waals surface area contributed by atoms with Crippen molar-refractivity contribution >= 4 is 11.6 Å². The Bertz CT molecular complexity index is 431. The molecule has 0 aliphatic carbocycles. The fourth-order valence-electron chi connectivity index (χ4n) is 1.70. The Morgan fingerprint density at radius 1 is 1.19 bits per heavy atom. The zero-order chi connectivity index (χ0) is 11.4. The van der Waals surface area contributed by atoms with Gasteiger partial charge in [-0.15, -0.1) is 10.2 Å². The van der Waals surface area contributed by atoms with Crippen LogP contribution in [-0.2, 0) is 13.0 Å². The summed E-state index contributed by atoms with van der Waals surface area (Å²) < 4.78 is 1.94. The largest absolute Gasteiger partial charge is 0.302 e. The Morgan fingerprint density at radius 3 is 2.56 bits per heavy atom. The van der Waals surface area contributed by atoms with E-state index in [0.717, 1.165) is 25.2 Å². The Labute approximate surface area is 100 Å². The van der Waals surface area contributed by atoms with Gasteiger partial charge in [-0.1, -0.05) is 30.3 Å². The molecule has 2 aromatic rings. The molecule has 0 N–H and O–H groups in total. The first-order chi connectivity index (χ1) is 7.77. The second-order valence-electron chi connectivity index (χ2n) is 3.76. The van der Waals surface area contributed by atoms with Crippen LogP contribution < -0.4 is 0 Å². The predicted molar refractivity (Wildman–Crippen MR) is 64.5 cm³/mol. The summed E-state index contributed by atoms with van der Waals surface area (Å²) in [4.78, 5) is 0. The van der Waals surface area contributed by atoms with E-state index in [1.165, 1.54) is 5.56 Å². The summed E-state index contributed by atoms with van der Waals surface area (Å²) in [6.07, 6.45) is 2.09. The van der Waals surface area contributed by atoms with Gasteiger partial charge in [0.2, 0.25) is 5.28 Å². The zero-order valence-corrected chi connectivity index (χ0v) is 9.98. The minimum atomic E-state index is 0.477. The minimum absolute atomic E-state index is 0.477. The first-order valence-electron chi connectivity index (χ1n) is 5.36. The third-order valence-corrected chi connectivity index (χ3v) is 2.86. The van der Waals surface area contributed by atoms with Gasteiger partial charge in [0.15, 0.2) is 0 Å². The molecule has 84 valence electrons. The van der Waals surface area contributed by atoms with E-state index in [9.17, 15) is 0 Å². The van der Waals surface area contributed by atoms with Gasteiger partial charge in [-0.25, -0.2) is 0 Å². The van der Waals surface area contributed by atoms with Gasteiger partial charge in [-0.3, -0.25) is 0 Å². The maximum atomic E-state index is 5.92. The predicted octanol–water partition coefficient (Wildman–Crippen LogP) is 2.87. The monoisotopic (exact) mass is 235 g/mol. The summed E-state index contributed by atoms with van der Waals surface area (Å²) in [5, 5.41) is 8.22. The first kappa shape index (κ1) is 11.1. The lowest BCUT2D eigenvalue weighted by Crippen LogP contribution is -2.02. The van der Waals surface area contributed by atoms with E-state index in [0.29, 0.717) is 5.28 Å². The fourth-order valence-corrected chi connectivity index (χ4v) is 1.94. The molecule has 0 radical (unpaired) electrons. The van der Waals surface area contributed by atoms with Crippen molar-refractivity contribution in [2.75, 3.05) is 0 Å². The number of benzene rings is 1. The summed E-state index contributed by atoms with van der Waals surface area (Å²) in [6, 6.07) is 10.4. The molecule has 16 heavy (non-hydrogen) atoms. The van der Waals surface area contributed by atoms with Crippen LogP contribution in [0.3, 0.4) is 0 Å². The third kappa shape index (κ3) is 2.61. The molecule has 0 saturated carbocycles. The highest BCUT2D eigenvalue weighted by atomic mass is 35.5. The standard InChI is InChI=1S/C12H14ClN3/c1-10-14-15-12(13)16(10)9-5-8-11-6-3-2-4-7-11/h2-4,6-7H,5,8-9H2,1H3. The minimum Gasteiger partial charge on any atom is -0.302 e. The van der Waals surface area contributed by atoms with Crippen LogP contribution in [0.4, 0.5) is 0 Å². The normalized spacial score (nSPS) is 10.6. The van der Waals surface area contributed by atoms with Crippen molar-refractivity contribution < 1.29 is 0 Å². The van der Waals surface area contributed by atoms with Gasteiger partial charge < -0.3 is 4.57 Å². The number of aromatic nitrogens is 3. The summed E-state index contributed by atoms with van der Waals surface area (Å²) >= 11 is 5.92. The second kappa shape index (κ2) is 5.12. The van der Waals surface area contributed by atoms with Gasteiger partial charge in [0.1, 0.15) is 5.82 Å². The van der Waals surface area contributed by atoms with Gasteiger partial charge in [0.25, 0.3) is 0 Å². The number of hydrogen-bond donors (Lipinski definition) is 0. The highest BCUT2D eigenvalue weighted by Crippen LogP contribution is 2.10. The molecule has 1 heterocycles. The average Bonchev–Trinajstić information content (AvgIpc) is 2.62. The summed E-state index contributed by atoms with van der Waals surface area (Å²) in [5.41, 5.74) is 1.35. The summed E-state index contributed by atoms with van der Waals surface area (Å²) in [6.45, 7) is 2.79. The molecule has 0 aliphatic rings. The molecule has 1 aromatic heterocycles. The van der Waals surface area contributed by atoms with Crippen molar-refractivity contribution in [3.63, 3.8) is 0 Å². The van der Waals surface area contributed by atoms with E-state index in [4.69, 9.17) is 11.6 Å². The molecule has 0 amide bonds. The fraction of sp³-hybridized carbons (Fsp3) is 0.333. The quantitative estimate of drug-likeness (QED) is 0.816. The van der Waals surface area contributed by atoms with Crippen LogP contribution in [0.5, 0.6) is 0 Å². The highest BCUT2D eigenvalue weighted by Gasteiger charge is 2.04. The van der Waals surface area contributed by atoms with Crippen LogP contribution in [-0.4, -0.2) is 14.8 Å². The van der Waals surface area contributed by atoms with E-state index in [-0.39, 0.29) is 0 Å². The van der Waals surface area contributed by atoms with Gasteiger partial charge >= 0.3 is 0 Å². The smallest absolute Gasteiger partial charge is 0.225 e. The Kier molecular flexibility index (Phi) is 3.57. The molecule has 0 atom stereocenters. The zero-order valence-electron chi connectivity index (χ0n) is 9.23. The number of hydrogen-bond acceptors (Lipinski definition) is 2. The molecule has 0 spiro atoms. The number of nitrogens with zero attached hydrogens (tertiary/aromatic N) is 3. The van der Waals surface area contributed by atoms with Crippen LogP contribution in [0.25, 0.3) is 0 Å². The Hall–Kier alpha value is -1.35. The van der Waals surface area contributed by atoms with Crippen molar-refractivity contribution in [2.24, 2.45) is 0 Å². The van der Waals surface area contributed by atoms with E-state index in [1.54, 1.807) is 0 Å². The molecule has 1 aromatic carbocycles. The molecular weight excluding hydrogens is 222 g/mol. The maximum Gasteiger partial charge on any atom is 0.225 e. The molecule has 3 nitrogen and oxygen atoms in total. The first-order valence-corrected chi connectivity index (χ1v) is 5.74. The van der Waals surface area contributed by atoms with E-state index in [1.807, 2.05) is 17.6 Å². The van der Waals surface area contributed by atoms with Crippen LogP contribution in [0.2, 0.25) is 5.28 Å². The lowest BCUT2D eigenvalue weighted by atomic mass is 10.1. The van der Waals surface area contributed by atoms with Crippen molar-refractivity contribution in [1.29, 1.82) is 0 Å². The second-order valence-corrected chi connectivity index (χ2v) is 4.10. The van der Waals surface area contributed by atoms with Crippen LogP contribution in [0.1, 0.15) is 17.8 Å². The van der Waals surface area contributed by atoms with Gasteiger partial charge in [-0.2, -0.15) is 0 Å². The molecule has 0 fully saturated rings.